The van der Waals surface area contributed by atoms with Crippen molar-refractivity contribution in [3.05, 3.63) is 83.4 Å². The minimum absolute atomic E-state index is 0.102. The predicted octanol–water partition coefficient (Wildman–Crippen LogP) is 4.44. The summed E-state index contributed by atoms with van der Waals surface area (Å²) in [7, 11) is 0. The lowest BCUT2D eigenvalue weighted by Gasteiger charge is -2.38. The quantitative estimate of drug-likeness (QED) is 0.488. The number of nitrogens with zero attached hydrogens (tertiary/aromatic N) is 3. The van der Waals surface area contributed by atoms with E-state index in [0.29, 0.717) is 18.5 Å². The van der Waals surface area contributed by atoms with Gasteiger partial charge in [0.1, 0.15) is 17.2 Å². The molecule has 5 rings (SSSR count). The maximum Gasteiger partial charge on any atom is 0.126 e. The number of benzene rings is 3. The fraction of sp³-hybridized carbons (Fsp3) is 0.280. The Morgan fingerprint density at radius 3 is 2.62 bits per heavy atom. The summed E-state index contributed by atoms with van der Waals surface area (Å²) in [5.41, 5.74) is 11.5. The van der Waals surface area contributed by atoms with Crippen molar-refractivity contribution < 1.29 is 8.78 Å². The van der Waals surface area contributed by atoms with E-state index in [1.54, 1.807) is 6.07 Å². The summed E-state index contributed by atoms with van der Waals surface area (Å²) in [6.45, 7) is 1.54. The molecule has 0 aliphatic carbocycles. The van der Waals surface area contributed by atoms with E-state index < -0.39 is 0 Å². The predicted molar refractivity (Wildman–Crippen MR) is 121 cm³/mol. The SMILES string of the molecule is NC1CCN(Cc2ccc(F)cc2)C(Cc2cc(-c3ccc4[nH]nnc4c3)ccc2F)C1. The molecule has 32 heavy (non-hydrogen) atoms. The van der Waals surface area contributed by atoms with Crippen LogP contribution < -0.4 is 5.73 Å². The molecule has 5 nitrogen and oxygen atoms in total. The Morgan fingerprint density at radius 2 is 1.78 bits per heavy atom. The normalized spacial score (nSPS) is 19.5. The minimum Gasteiger partial charge on any atom is -0.328 e. The molecule has 0 spiro atoms. The summed E-state index contributed by atoms with van der Waals surface area (Å²) in [6.07, 6.45) is 2.27. The molecule has 3 aromatic carbocycles. The highest BCUT2D eigenvalue weighted by atomic mass is 19.1. The third-order valence-electron chi connectivity index (χ3n) is 6.34. The Bertz CT molecular complexity index is 1220. The van der Waals surface area contributed by atoms with E-state index in [9.17, 15) is 8.78 Å². The van der Waals surface area contributed by atoms with Crippen molar-refractivity contribution in [1.29, 1.82) is 0 Å². The molecule has 2 heterocycles. The zero-order chi connectivity index (χ0) is 22.1. The molecule has 0 saturated carbocycles. The molecule has 0 radical (unpaired) electrons. The molecule has 0 amide bonds. The van der Waals surface area contributed by atoms with E-state index in [1.807, 2.05) is 36.4 Å². The summed E-state index contributed by atoms with van der Waals surface area (Å²) >= 11 is 0. The average Bonchev–Trinajstić information content (AvgIpc) is 3.26. The van der Waals surface area contributed by atoms with Crippen LogP contribution in [-0.4, -0.2) is 38.9 Å². The zero-order valence-electron chi connectivity index (χ0n) is 17.6. The lowest BCUT2D eigenvalue weighted by molar-refractivity contribution is 0.126. The molecule has 0 bridgehead atoms. The Balaban J connectivity index is 1.40. The van der Waals surface area contributed by atoms with E-state index in [0.717, 1.165) is 47.1 Å². The fourth-order valence-corrected chi connectivity index (χ4v) is 4.56. The summed E-state index contributed by atoms with van der Waals surface area (Å²) in [5, 5.41) is 10.8. The van der Waals surface area contributed by atoms with Gasteiger partial charge in [0, 0.05) is 25.2 Å². The van der Waals surface area contributed by atoms with Crippen molar-refractivity contribution in [3.8, 4) is 11.1 Å². The number of piperidine rings is 1. The van der Waals surface area contributed by atoms with Gasteiger partial charge < -0.3 is 5.73 Å². The van der Waals surface area contributed by atoms with Crippen molar-refractivity contribution in [2.45, 2.75) is 37.9 Å². The zero-order valence-corrected chi connectivity index (χ0v) is 17.6. The first-order chi connectivity index (χ1) is 15.5. The van der Waals surface area contributed by atoms with Crippen LogP contribution in [0.4, 0.5) is 8.78 Å². The number of rotatable bonds is 5. The van der Waals surface area contributed by atoms with E-state index >= 15 is 0 Å². The molecular weight excluding hydrogens is 408 g/mol. The number of nitrogens with two attached hydrogens (primary N) is 1. The first-order valence-electron chi connectivity index (χ1n) is 10.9. The summed E-state index contributed by atoms with van der Waals surface area (Å²) in [5.74, 6) is -0.453. The second-order valence-corrected chi connectivity index (χ2v) is 8.59. The standard InChI is InChI=1S/C25H25F2N5/c26-20-5-1-16(2-6-20)15-32-10-9-21(28)14-22(32)12-19-11-17(3-7-23(19)27)18-4-8-24-25(13-18)30-31-29-24/h1-8,11,13,21-22H,9-10,12,14-15,28H2,(H,29,30,31). The largest absolute Gasteiger partial charge is 0.328 e. The number of nitrogens with one attached hydrogen (secondary N) is 1. The van der Waals surface area contributed by atoms with Crippen molar-refractivity contribution in [2.75, 3.05) is 6.54 Å². The third-order valence-corrected chi connectivity index (χ3v) is 6.34. The second kappa shape index (κ2) is 8.76. The molecule has 1 aromatic heterocycles. The smallest absolute Gasteiger partial charge is 0.126 e. The maximum absolute atomic E-state index is 14.8. The van der Waals surface area contributed by atoms with Crippen LogP contribution in [0.2, 0.25) is 0 Å². The Labute approximate surface area is 185 Å². The van der Waals surface area contributed by atoms with E-state index in [1.165, 1.54) is 18.2 Å². The van der Waals surface area contributed by atoms with Crippen LogP contribution in [-0.2, 0) is 13.0 Å². The highest BCUT2D eigenvalue weighted by Crippen LogP contribution is 2.28. The lowest BCUT2D eigenvalue weighted by atomic mass is 9.91. The van der Waals surface area contributed by atoms with Gasteiger partial charge >= 0.3 is 0 Å². The maximum atomic E-state index is 14.8. The molecule has 7 heteroatoms. The molecule has 1 saturated heterocycles. The van der Waals surface area contributed by atoms with Crippen LogP contribution in [0.25, 0.3) is 22.2 Å². The number of halogens is 2. The molecule has 3 N–H and O–H groups in total. The summed E-state index contributed by atoms with van der Waals surface area (Å²) in [6, 6.07) is 17.9. The van der Waals surface area contributed by atoms with Crippen molar-refractivity contribution in [1.82, 2.24) is 20.3 Å². The van der Waals surface area contributed by atoms with Gasteiger partial charge in [-0.1, -0.05) is 29.5 Å². The van der Waals surface area contributed by atoms with Crippen LogP contribution >= 0.6 is 0 Å². The first kappa shape index (κ1) is 20.7. The van der Waals surface area contributed by atoms with Gasteiger partial charge in [-0.05, 0) is 77.9 Å². The Hall–Kier alpha value is -3.16. The number of likely N-dealkylation sites (tertiary alicyclic amines) is 1. The molecule has 4 aromatic rings. The van der Waals surface area contributed by atoms with Gasteiger partial charge in [-0.15, -0.1) is 5.10 Å². The van der Waals surface area contributed by atoms with Gasteiger partial charge in [-0.3, -0.25) is 10.00 Å². The van der Waals surface area contributed by atoms with Gasteiger partial charge in [0.15, 0.2) is 0 Å². The molecular formula is C25H25F2N5. The number of aromatic amines is 1. The minimum atomic E-state index is -0.242. The van der Waals surface area contributed by atoms with Crippen LogP contribution in [0.15, 0.2) is 60.7 Å². The van der Waals surface area contributed by atoms with Crippen LogP contribution in [0.5, 0.6) is 0 Å². The van der Waals surface area contributed by atoms with E-state index in [-0.39, 0.29) is 23.7 Å². The fourth-order valence-electron chi connectivity index (χ4n) is 4.56. The molecule has 1 aliphatic rings. The van der Waals surface area contributed by atoms with Crippen LogP contribution in [0.3, 0.4) is 0 Å². The first-order valence-corrected chi connectivity index (χ1v) is 10.9. The number of hydrogen-bond donors (Lipinski definition) is 2. The highest BCUT2D eigenvalue weighted by Gasteiger charge is 2.27. The average molecular weight is 434 g/mol. The number of H-pyrrole nitrogens is 1. The molecule has 1 aliphatic heterocycles. The highest BCUT2D eigenvalue weighted by molar-refractivity contribution is 5.81. The molecule has 164 valence electrons. The molecule has 1 fully saturated rings. The summed E-state index contributed by atoms with van der Waals surface area (Å²) < 4.78 is 28.1. The van der Waals surface area contributed by atoms with Gasteiger partial charge in [0.25, 0.3) is 0 Å². The number of aromatic nitrogens is 3. The van der Waals surface area contributed by atoms with Crippen LogP contribution in [0.1, 0.15) is 24.0 Å². The van der Waals surface area contributed by atoms with Gasteiger partial charge in [0.2, 0.25) is 0 Å². The van der Waals surface area contributed by atoms with Gasteiger partial charge in [-0.2, -0.15) is 0 Å². The monoisotopic (exact) mass is 433 g/mol. The third kappa shape index (κ3) is 4.40. The van der Waals surface area contributed by atoms with Crippen molar-refractivity contribution in [2.24, 2.45) is 5.73 Å². The number of fused-ring (bicyclic) bond motifs is 1. The number of hydrogen-bond acceptors (Lipinski definition) is 4. The molecule has 2 unspecified atom stereocenters. The van der Waals surface area contributed by atoms with Crippen LogP contribution in [0, 0.1) is 11.6 Å². The Morgan fingerprint density at radius 1 is 1.00 bits per heavy atom. The van der Waals surface area contributed by atoms with E-state index in [2.05, 4.69) is 20.3 Å². The van der Waals surface area contributed by atoms with Gasteiger partial charge in [-0.25, -0.2) is 8.78 Å². The second-order valence-electron chi connectivity index (χ2n) is 8.59. The lowest BCUT2D eigenvalue weighted by Crippen LogP contribution is -2.47. The van der Waals surface area contributed by atoms with E-state index in [4.69, 9.17) is 5.73 Å². The van der Waals surface area contributed by atoms with Gasteiger partial charge in [0.05, 0.1) is 5.52 Å². The molecule has 2 atom stereocenters. The Kier molecular flexibility index (Phi) is 5.68. The van der Waals surface area contributed by atoms with Crippen molar-refractivity contribution in [3.63, 3.8) is 0 Å². The summed E-state index contributed by atoms with van der Waals surface area (Å²) in [4.78, 5) is 2.34. The van der Waals surface area contributed by atoms with Crippen molar-refractivity contribution >= 4 is 11.0 Å². The topological polar surface area (TPSA) is 70.8 Å².